The second-order valence-corrected chi connectivity index (χ2v) is 5.83. The predicted octanol–water partition coefficient (Wildman–Crippen LogP) is 4.45. The Hall–Kier alpha value is -1.65. The lowest BCUT2D eigenvalue weighted by Crippen LogP contribution is -2.31. The van der Waals surface area contributed by atoms with Crippen molar-refractivity contribution < 1.29 is 4.39 Å². The van der Waals surface area contributed by atoms with Crippen molar-refractivity contribution in [3.63, 3.8) is 0 Å². The second kappa shape index (κ2) is 6.00. The molecule has 0 aromatic heterocycles. The van der Waals surface area contributed by atoms with Crippen LogP contribution in [0.5, 0.6) is 0 Å². The number of benzene rings is 2. The van der Waals surface area contributed by atoms with Crippen LogP contribution in [0.25, 0.3) is 0 Å². The molecular formula is C16H14ClFN2S. The van der Waals surface area contributed by atoms with Gasteiger partial charge in [-0.15, -0.1) is 0 Å². The summed E-state index contributed by atoms with van der Waals surface area (Å²) >= 11 is 11.1. The van der Waals surface area contributed by atoms with Crippen molar-refractivity contribution >= 4 is 34.6 Å². The molecule has 0 aliphatic heterocycles. The molecule has 5 heteroatoms. The standard InChI is InChI=1S/C16H14ClFN2S/c17-13-9-11(6-7-14(13)18)19-16(21)20-15-8-5-10-3-1-2-4-12(10)15/h1-4,6-7,9,15H,5,8H2,(H2,19,20,21). The summed E-state index contributed by atoms with van der Waals surface area (Å²) in [6.07, 6.45) is 2.07. The SMILES string of the molecule is Fc1ccc(NC(=S)NC2CCc3ccccc32)cc1Cl. The zero-order valence-electron chi connectivity index (χ0n) is 11.2. The molecule has 0 fully saturated rings. The van der Waals surface area contributed by atoms with Gasteiger partial charge >= 0.3 is 0 Å². The van der Waals surface area contributed by atoms with Gasteiger partial charge < -0.3 is 10.6 Å². The number of aryl methyl sites for hydroxylation is 1. The highest BCUT2D eigenvalue weighted by molar-refractivity contribution is 7.80. The summed E-state index contributed by atoms with van der Waals surface area (Å²) in [5.41, 5.74) is 3.33. The molecule has 0 saturated heterocycles. The predicted molar refractivity (Wildman–Crippen MR) is 88.3 cm³/mol. The van der Waals surface area contributed by atoms with Gasteiger partial charge in [0.25, 0.3) is 0 Å². The lowest BCUT2D eigenvalue weighted by molar-refractivity contribution is 0.628. The van der Waals surface area contributed by atoms with E-state index in [0.717, 1.165) is 12.8 Å². The zero-order valence-corrected chi connectivity index (χ0v) is 12.8. The number of halogens is 2. The minimum atomic E-state index is -0.439. The largest absolute Gasteiger partial charge is 0.356 e. The highest BCUT2D eigenvalue weighted by Crippen LogP contribution is 2.30. The Balaban J connectivity index is 1.66. The summed E-state index contributed by atoms with van der Waals surface area (Å²) in [6.45, 7) is 0. The molecule has 2 nitrogen and oxygen atoms in total. The summed E-state index contributed by atoms with van der Waals surface area (Å²) in [7, 11) is 0. The van der Waals surface area contributed by atoms with Crippen LogP contribution in [-0.4, -0.2) is 5.11 Å². The minimum absolute atomic E-state index is 0.0778. The third-order valence-corrected chi connectivity index (χ3v) is 4.13. The van der Waals surface area contributed by atoms with E-state index in [1.807, 2.05) is 6.07 Å². The first-order chi connectivity index (χ1) is 10.1. The fraction of sp³-hybridized carbons (Fsp3) is 0.188. The van der Waals surface area contributed by atoms with Crippen molar-refractivity contribution in [1.29, 1.82) is 0 Å². The van der Waals surface area contributed by atoms with Gasteiger partial charge in [0, 0.05) is 5.69 Å². The number of thiocarbonyl (C=S) groups is 1. The summed E-state index contributed by atoms with van der Waals surface area (Å²) in [4.78, 5) is 0. The van der Waals surface area contributed by atoms with Gasteiger partial charge in [-0.05, 0) is 54.4 Å². The van der Waals surface area contributed by atoms with Crippen LogP contribution in [0, 0.1) is 5.82 Å². The van der Waals surface area contributed by atoms with Gasteiger partial charge in [-0.2, -0.15) is 0 Å². The molecular weight excluding hydrogens is 307 g/mol. The molecule has 21 heavy (non-hydrogen) atoms. The van der Waals surface area contributed by atoms with Crippen LogP contribution in [0.2, 0.25) is 5.02 Å². The fourth-order valence-corrected chi connectivity index (χ4v) is 3.05. The van der Waals surface area contributed by atoms with E-state index in [4.69, 9.17) is 23.8 Å². The topological polar surface area (TPSA) is 24.1 Å². The van der Waals surface area contributed by atoms with Crippen molar-refractivity contribution in [3.05, 3.63) is 64.4 Å². The van der Waals surface area contributed by atoms with E-state index in [0.29, 0.717) is 10.8 Å². The van der Waals surface area contributed by atoms with Gasteiger partial charge in [-0.25, -0.2) is 4.39 Å². The van der Waals surface area contributed by atoms with Gasteiger partial charge in [0.1, 0.15) is 5.82 Å². The Bertz CT molecular complexity index is 690. The maximum Gasteiger partial charge on any atom is 0.171 e. The monoisotopic (exact) mass is 320 g/mol. The average molecular weight is 321 g/mol. The highest BCUT2D eigenvalue weighted by Gasteiger charge is 2.22. The van der Waals surface area contributed by atoms with Gasteiger partial charge in [0.2, 0.25) is 0 Å². The van der Waals surface area contributed by atoms with Gasteiger partial charge in [-0.3, -0.25) is 0 Å². The van der Waals surface area contributed by atoms with Crippen LogP contribution in [0.3, 0.4) is 0 Å². The molecule has 0 spiro atoms. The molecule has 0 saturated carbocycles. The molecule has 0 radical (unpaired) electrons. The third kappa shape index (κ3) is 3.17. The molecule has 1 atom stereocenters. The Morgan fingerprint density at radius 1 is 1.24 bits per heavy atom. The second-order valence-electron chi connectivity index (χ2n) is 5.02. The number of anilines is 1. The minimum Gasteiger partial charge on any atom is -0.356 e. The summed E-state index contributed by atoms with van der Waals surface area (Å²) in [5.74, 6) is -0.439. The molecule has 1 unspecified atom stereocenters. The third-order valence-electron chi connectivity index (χ3n) is 3.62. The van der Waals surface area contributed by atoms with Crippen molar-refractivity contribution in [2.45, 2.75) is 18.9 Å². The van der Waals surface area contributed by atoms with E-state index < -0.39 is 5.82 Å². The first kappa shape index (κ1) is 14.3. The van der Waals surface area contributed by atoms with E-state index in [-0.39, 0.29) is 11.1 Å². The Morgan fingerprint density at radius 3 is 2.86 bits per heavy atom. The van der Waals surface area contributed by atoms with Gasteiger partial charge in [-0.1, -0.05) is 35.9 Å². The summed E-state index contributed by atoms with van der Waals surface area (Å²) < 4.78 is 13.1. The Morgan fingerprint density at radius 2 is 2.05 bits per heavy atom. The normalized spacial score (nSPS) is 16.4. The van der Waals surface area contributed by atoms with Crippen molar-refractivity contribution in [1.82, 2.24) is 5.32 Å². The molecule has 0 heterocycles. The van der Waals surface area contributed by atoms with Crippen LogP contribution < -0.4 is 10.6 Å². The smallest absolute Gasteiger partial charge is 0.171 e. The number of fused-ring (bicyclic) bond motifs is 1. The van der Waals surface area contributed by atoms with Crippen LogP contribution in [0.1, 0.15) is 23.6 Å². The number of nitrogens with one attached hydrogen (secondary N) is 2. The molecule has 2 aromatic carbocycles. The molecule has 2 aromatic rings. The molecule has 1 aliphatic rings. The van der Waals surface area contributed by atoms with Gasteiger partial charge in [0.15, 0.2) is 5.11 Å². The molecule has 0 amide bonds. The first-order valence-electron chi connectivity index (χ1n) is 6.74. The van der Waals surface area contributed by atoms with Crippen molar-refractivity contribution in [2.24, 2.45) is 0 Å². The maximum absolute atomic E-state index is 13.1. The van der Waals surface area contributed by atoms with Crippen molar-refractivity contribution in [2.75, 3.05) is 5.32 Å². The van der Waals surface area contributed by atoms with Crippen LogP contribution in [0.15, 0.2) is 42.5 Å². The van der Waals surface area contributed by atoms with Crippen LogP contribution in [0.4, 0.5) is 10.1 Å². The number of hydrogen-bond donors (Lipinski definition) is 2. The first-order valence-corrected chi connectivity index (χ1v) is 7.52. The lowest BCUT2D eigenvalue weighted by atomic mass is 10.1. The molecule has 3 rings (SSSR count). The maximum atomic E-state index is 13.1. The van der Waals surface area contributed by atoms with E-state index >= 15 is 0 Å². The molecule has 108 valence electrons. The quantitative estimate of drug-likeness (QED) is 0.799. The van der Waals surface area contributed by atoms with Crippen LogP contribution >= 0.6 is 23.8 Å². The highest BCUT2D eigenvalue weighted by atomic mass is 35.5. The lowest BCUT2D eigenvalue weighted by Gasteiger charge is -2.17. The van der Waals surface area contributed by atoms with E-state index in [1.54, 1.807) is 6.07 Å². The number of hydrogen-bond acceptors (Lipinski definition) is 1. The molecule has 0 bridgehead atoms. The number of rotatable bonds is 2. The summed E-state index contributed by atoms with van der Waals surface area (Å²) in [5, 5.41) is 6.93. The molecule has 1 aliphatic carbocycles. The van der Waals surface area contributed by atoms with Crippen molar-refractivity contribution in [3.8, 4) is 0 Å². The summed E-state index contributed by atoms with van der Waals surface area (Å²) in [6, 6.07) is 13.0. The molecule has 2 N–H and O–H groups in total. The van der Waals surface area contributed by atoms with E-state index in [9.17, 15) is 4.39 Å². The van der Waals surface area contributed by atoms with E-state index in [1.165, 1.54) is 23.3 Å². The van der Waals surface area contributed by atoms with E-state index in [2.05, 4.69) is 28.8 Å². The zero-order chi connectivity index (χ0) is 14.8. The fourth-order valence-electron chi connectivity index (χ4n) is 2.61. The Kier molecular flexibility index (Phi) is 4.08. The Labute approximate surface area is 133 Å². The van der Waals surface area contributed by atoms with Gasteiger partial charge in [0.05, 0.1) is 11.1 Å². The average Bonchev–Trinajstić information content (AvgIpc) is 2.86. The van der Waals surface area contributed by atoms with Crippen LogP contribution in [-0.2, 0) is 6.42 Å².